The van der Waals surface area contributed by atoms with Gasteiger partial charge < -0.3 is 4.74 Å². The summed E-state index contributed by atoms with van der Waals surface area (Å²) < 4.78 is 70.9. The minimum absolute atomic E-state index is 0.175. The summed E-state index contributed by atoms with van der Waals surface area (Å²) in [6.45, 7) is 2.54. The van der Waals surface area contributed by atoms with Gasteiger partial charge in [-0.15, -0.1) is 0 Å². The first-order valence-electron chi connectivity index (χ1n) is 12.0. The van der Waals surface area contributed by atoms with Crippen LogP contribution >= 0.6 is 0 Å². The molecule has 0 amide bonds. The number of alkyl halides is 3. The van der Waals surface area contributed by atoms with Gasteiger partial charge in [-0.2, -0.15) is 13.2 Å². The van der Waals surface area contributed by atoms with E-state index in [1.165, 1.54) is 51.4 Å². The number of halogens is 5. The van der Waals surface area contributed by atoms with Crippen LogP contribution in [0.25, 0.3) is 0 Å². The molecule has 2 aliphatic carbocycles. The molecule has 0 aliphatic heterocycles. The predicted molar refractivity (Wildman–Crippen MR) is 112 cm³/mol. The Kier molecular flexibility index (Phi) is 8.63. The summed E-state index contributed by atoms with van der Waals surface area (Å²) in [5.41, 5.74) is -1.86. The molecule has 1 aromatic carbocycles. The van der Waals surface area contributed by atoms with Crippen molar-refractivity contribution >= 4 is 0 Å². The van der Waals surface area contributed by atoms with E-state index in [2.05, 4.69) is 6.92 Å². The highest BCUT2D eigenvalue weighted by atomic mass is 19.4. The Balaban J connectivity index is 1.40. The van der Waals surface area contributed by atoms with Gasteiger partial charge in [-0.25, -0.2) is 8.78 Å². The Labute approximate surface area is 182 Å². The van der Waals surface area contributed by atoms with E-state index in [0.717, 1.165) is 43.4 Å². The van der Waals surface area contributed by atoms with Crippen LogP contribution in [-0.2, 0) is 6.18 Å². The van der Waals surface area contributed by atoms with Crippen LogP contribution < -0.4 is 4.74 Å². The number of hydrogen-bond acceptors (Lipinski definition) is 1. The largest absolute Gasteiger partial charge is 0.493 e. The van der Waals surface area contributed by atoms with Crippen molar-refractivity contribution in [1.29, 1.82) is 0 Å². The molecule has 3 rings (SSSR count). The number of hydrogen-bond donors (Lipinski definition) is 0. The number of benzene rings is 1. The van der Waals surface area contributed by atoms with Crippen molar-refractivity contribution < 1.29 is 26.7 Å². The second kappa shape index (κ2) is 11.0. The average Bonchev–Trinajstić information content (AvgIpc) is 2.72. The van der Waals surface area contributed by atoms with Crippen molar-refractivity contribution in [3.8, 4) is 5.75 Å². The third-order valence-electron chi connectivity index (χ3n) is 7.45. The third kappa shape index (κ3) is 6.82. The highest BCUT2D eigenvalue weighted by molar-refractivity contribution is 5.32. The van der Waals surface area contributed by atoms with Crippen molar-refractivity contribution in [3.05, 3.63) is 29.3 Å². The van der Waals surface area contributed by atoms with E-state index in [1.54, 1.807) is 0 Å². The molecule has 2 fully saturated rings. The van der Waals surface area contributed by atoms with Gasteiger partial charge in [0.25, 0.3) is 0 Å². The molecular formula is C25H35F5O. The van der Waals surface area contributed by atoms with E-state index in [9.17, 15) is 22.0 Å². The van der Waals surface area contributed by atoms with Crippen LogP contribution in [0.3, 0.4) is 0 Å². The second-order valence-corrected chi connectivity index (χ2v) is 9.63. The van der Waals surface area contributed by atoms with Crippen LogP contribution in [0, 0.1) is 35.3 Å². The zero-order chi connectivity index (χ0) is 22.4. The first-order valence-corrected chi connectivity index (χ1v) is 12.0. The minimum Gasteiger partial charge on any atom is -0.493 e. The highest BCUT2D eigenvalue weighted by Gasteiger charge is 2.38. The van der Waals surface area contributed by atoms with Gasteiger partial charge in [-0.3, -0.25) is 0 Å². The summed E-state index contributed by atoms with van der Waals surface area (Å²) >= 11 is 0. The van der Waals surface area contributed by atoms with Gasteiger partial charge >= 0.3 is 6.18 Å². The van der Waals surface area contributed by atoms with Crippen LogP contribution in [0.2, 0.25) is 0 Å². The highest BCUT2D eigenvalue weighted by Crippen LogP contribution is 2.42. The summed E-state index contributed by atoms with van der Waals surface area (Å²) in [5, 5.41) is 0. The quantitative estimate of drug-likeness (QED) is 0.287. The van der Waals surface area contributed by atoms with Crippen LogP contribution in [0.15, 0.2) is 12.1 Å². The van der Waals surface area contributed by atoms with Crippen molar-refractivity contribution in [2.24, 2.45) is 23.7 Å². The zero-order valence-electron chi connectivity index (χ0n) is 18.5. The predicted octanol–water partition coefficient (Wildman–Crippen LogP) is 8.56. The van der Waals surface area contributed by atoms with Crippen LogP contribution in [-0.4, -0.2) is 6.61 Å². The van der Waals surface area contributed by atoms with Crippen LogP contribution in [0.4, 0.5) is 22.0 Å². The Morgan fingerprint density at radius 1 is 0.806 bits per heavy atom. The van der Waals surface area contributed by atoms with Gasteiger partial charge in [0.2, 0.25) is 0 Å². The summed E-state index contributed by atoms with van der Waals surface area (Å²) in [6.07, 6.45) is 10.0. The molecule has 0 spiro atoms. The van der Waals surface area contributed by atoms with Crippen molar-refractivity contribution in [2.45, 2.75) is 90.1 Å². The average molecular weight is 447 g/mol. The topological polar surface area (TPSA) is 9.23 Å². The van der Waals surface area contributed by atoms with Gasteiger partial charge in [0, 0.05) is 12.1 Å². The SMILES string of the molecule is CCCCC[C@H]1CC[C@H]([C@H]2CC[C@H](COc3cc(F)c(C(F)(F)F)c(F)c3)CC2)CC1. The molecule has 0 N–H and O–H groups in total. The first-order chi connectivity index (χ1) is 14.8. The number of ether oxygens (including phenoxy) is 1. The Morgan fingerprint density at radius 3 is 1.81 bits per heavy atom. The molecule has 2 aliphatic rings. The maximum Gasteiger partial charge on any atom is 0.422 e. The van der Waals surface area contributed by atoms with E-state index in [0.29, 0.717) is 18.7 Å². The van der Waals surface area contributed by atoms with Gasteiger partial charge in [-0.05, 0) is 62.2 Å². The molecule has 0 aromatic heterocycles. The third-order valence-corrected chi connectivity index (χ3v) is 7.45. The molecule has 0 saturated heterocycles. The summed E-state index contributed by atoms with van der Waals surface area (Å²) in [6, 6.07) is 1.27. The minimum atomic E-state index is -5.06. The molecule has 0 atom stereocenters. The maximum atomic E-state index is 13.7. The molecule has 0 unspecified atom stereocenters. The van der Waals surface area contributed by atoms with Crippen molar-refractivity contribution in [3.63, 3.8) is 0 Å². The molecule has 6 heteroatoms. The first kappa shape index (κ1) is 24.3. The van der Waals surface area contributed by atoms with Crippen molar-refractivity contribution in [2.75, 3.05) is 6.61 Å². The van der Waals surface area contributed by atoms with Gasteiger partial charge in [0.05, 0.1) is 6.61 Å². The van der Waals surface area contributed by atoms with Crippen LogP contribution in [0.5, 0.6) is 5.75 Å². The molecule has 0 radical (unpaired) electrons. The lowest BCUT2D eigenvalue weighted by Gasteiger charge is -2.38. The standard InChI is InChI=1S/C25H35F5O/c1-2-3-4-5-17-6-10-19(11-7-17)20-12-8-18(9-13-20)16-31-21-14-22(26)24(23(27)15-21)25(28,29)30/h14-15,17-20H,2-13,16H2,1H3/t17-,18-,19-,20-. The van der Waals surface area contributed by atoms with E-state index in [1.807, 2.05) is 0 Å². The summed E-state index contributed by atoms with van der Waals surface area (Å²) in [4.78, 5) is 0. The van der Waals surface area contributed by atoms with E-state index in [-0.39, 0.29) is 11.7 Å². The fourth-order valence-corrected chi connectivity index (χ4v) is 5.58. The van der Waals surface area contributed by atoms with E-state index >= 15 is 0 Å². The Morgan fingerprint density at radius 2 is 1.32 bits per heavy atom. The van der Waals surface area contributed by atoms with Crippen molar-refractivity contribution in [1.82, 2.24) is 0 Å². The summed E-state index contributed by atoms with van der Waals surface area (Å²) in [5.74, 6) is -0.650. The lowest BCUT2D eigenvalue weighted by Crippen LogP contribution is -2.27. The summed E-state index contributed by atoms with van der Waals surface area (Å²) in [7, 11) is 0. The van der Waals surface area contributed by atoms with Gasteiger partial charge in [-0.1, -0.05) is 45.4 Å². The van der Waals surface area contributed by atoms with E-state index < -0.39 is 23.4 Å². The van der Waals surface area contributed by atoms with Crippen LogP contribution in [0.1, 0.15) is 89.5 Å². The zero-order valence-corrected chi connectivity index (χ0v) is 18.5. The molecule has 0 bridgehead atoms. The molecular weight excluding hydrogens is 411 g/mol. The van der Waals surface area contributed by atoms with Gasteiger partial charge in [0.15, 0.2) is 0 Å². The second-order valence-electron chi connectivity index (χ2n) is 9.63. The fourth-order valence-electron chi connectivity index (χ4n) is 5.58. The molecule has 1 aromatic rings. The molecule has 176 valence electrons. The molecule has 1 nitrogen and oxygen atoms in total. The molecule has 2 saturated carbocycles. The Hall–Kier alpha value is -1.33. The van der Waals surface area contributed by atoms with E-state index in [4.69, 9.17) is 4.74 Å². The lowest BCUT2D eigenvalue weighted by molar-refractivity contribution is -0.142. The monoisotopic (exact) mass is 446 g/mol. The lowest BCUT2D eigenvalue weighted by atomic mass is 9.69. The smallest absolute Gasteiger partial charge is 0.422 e. The molecule has 0 heterocycles. The molecule has 31 heavy (non-hydrogen) atoms. The maximum absolute atomic E-state index is 13.7. The normalized spacial score (nSPS) is 27.3. The fraction of sp³-hybridized carbons (Fsp3) is 0.760. The number of unbranched alkanes of at least 4 members (excludes halogenated alkanes) is 2. The Bertz CT molecular complexity index is 663. The van der Waals surface area contributed by atoms with Gasteiger partial charge in [0.1, 0.15) is 22.9 Å². The number of rotatable bonds is 8.